The first-order valence-corrected chi connectivity index (χ1v) is 6.94. The van der Waals surface area contributed by atoms with Gasteiger partial charge in [-0.1, -0.05) is 12.8 Å². The Morgan fingerprint density at radius 2 is 2.00 bits per heavy atom. The van der Waals surface area contributed by atoms with Crippen molar-refractivity contribution in [1.29, 1.82) is 0 Å². The molecule has 0 amide bonds. The Morgan fingerprint density at radius 3 is 2.68 bits per heavy atom. The molecular formula is C12H20ClN5O. The number of nitrogens with zero attached hydrogens (tertiary/aromatic N) is 4. The monoisotopic (exact) mass is 285 g/mol. The molecule has 7 heteroatoms. The molecule has 1 heterocycles. The predicted molar refractivity (Wildman–Crippen MR) is 75.6 cm³/mol. The van der Waals surface area contributed by atoms with Gasteiger partial charge in [-0.25, -0.2) is 0 Å². The molecule has 1 aromatic heterocycles. The number of nitrogens with one attached hydrogen (secondary N) is 1. The molecule has 0 aromatic carbocycles. The van der Waals surface area contributed by atoms with Crippen LogP contribution in [0.4, 0.5) is 11.9 Å². The SMILES string of the molecule is CN(C)c1nc(Cl)nc(NC2CCCCC2CO)n1. The number of aliphatic hydroxyl groups is 1. The minimum Gasteiger partial charge on any atom is -0.396 e. The molecule has 1 aliphatic rings. The number of hydrogen-bond acceptors (Lipinski definition) is 6. The van der Waals surface area contributed by atoms with Gasteiger partial charge in [0.15, 0.2) is 0 Å². The summed E-state index contributed by atoms with van der Waals surface area (Å²) in [6.07, 6.45) is 4.39. The number of rotatable bonds is 4. The first-order valence-electron chi connectivity index (χ1n) is 6.56. The molecule has 106 valence electrons. The summed E-state index contributed by atoms with van der Waals surface area (Å²) in [6, 6.07) is 0.201. The lowest BCUT2D eigenvalue weighted by molar-refractivity contribution is 0.178. The van der Waals surface area contributed by atoms with Gasteiger partial charge in [0.25, 0.3) is 0 Å². The van der Waals surface area contributed by atoms with Gasteiger partial charge in [-0.15, -0.1) is 0 Å². The van der Waals surface area contributed by atoms with Gasteiger partial charge < -0.3 is 15.3 Å². The number of hydrogen-bond donors (Lipinski definition) is 2. The van der Waals surface area contributed by atoms with E-state index in [0.29, 0.717) is 11.9 Å². The van der Waals surface area contributed by atoms with Crippen molar-refractivity contribution in [2.24, 2.45) is 5.92 Å². The van der Waals surface area contributed by atoms with Crippen LogP contribution in [0.3, 0.4) is 0 Å². The van der Waals surface area contributed by atoms with Crippen molar-refractivity contribution < 1.29 is 5.11 Å². The van der Waals surface area contributed by atoms with Crippen molar-refractivity contribution in [3.63, 3.8) is 0 Å². The zero-order valence-electron chi connectivity index (χ0n) is 11.3. The maximum atomic E-state index is 9.41. The van der Waals surface area contributed by atoms with Crippen molar-refractivity contribution in [1.82, 2.24) is 15.0 Å². The summed E-state index contributed by atoms with van der Waals surface area (Å²) in [4.78, 5) is 14.3. The van der Waals surface area contributed by atoms with Gasteiger partial charge in [-0.2, -0.15) is 15.0 Å². The third-order valence-corrected chi connectivity index (χ3v) is 3.62. The van der Waals surface area contributed by atoms with Gasteiger partial charge in [-0.05, 0) is 24.4 Å². The Balaban J connectivity index is 2.13. The van der Waals surface area contributed by atoms with E-state index in [-0.39, 0.29) is 23.9 Å². The quantitative estimate of drug-likeness (QED) is 0.874. The highest BCUT2D eigenvalue weighted by Crippen LogP contribution is 2.26. The summed E-state index contributed by atoms with van der Waals surface area (Å²) >= 11 is 5.90. The van der Waals surface area contributed by atoms with Crippen LogP contribution in [0.25, 0.3) is 0 Å². The van der Waals surface area contributed by atoms with E-state index in [9.17, 15) is 5.11 Å². The van der Waals surface area contributed by atoms with Crippen LogP contribution in [0.1, 0.15) is 25.7 Å². The van der Waals surface area contributed by atoms with Crippen LogP contribution in [0.15, 0.2) is 0 Å². The zero-order chi connectivity index (χ0) is 13.8. The van der Waals surface area contributed by atoms with Crippen molar-refractivity contribution in [2.45, 2.75) is 31.7 Å². The van der Waals surface area contributed by atoms with Crippen LogP contribution in [-0.2, 0) is 0 Å². The summed E-state index contributed by atoms with van der Waals surface area (Å²) in [6.45, 7) is 0.191. The van der Waals surface area contributed by atoms with Crippen LogP contribution in [0, 0.1) is 5.92 Å². The maximum absolute atomic E-state index is 9.41. The Kier molecular flexibility index (Phi) is 4.76. The Hall–Kier alpha value is -1.14. The second-order valence-electron chi connectivity index (χ2n) is 5.10. The highest BCUT2D eigenvalue weighted by molar-refractivity contribution is 6.28. The maximum Gasteiger partial charge on any atom is 0.230 e. The van der Waals surface area contributed by atoms with E-state index >= 15 is 0 Å². The molecule has 2 unspecified atom stereocenters. The standard InChI is InChI=1S/C12H20ClN5O/c1-18(2)12-16-10(13)15-11(17-12)14-9-6-4-3-5-8(9)7-19/h8-9,19H,3-7H2,1-2H3,(H,14,15,16,17). The molecule has 2 atom stereocenters. The molecular weight excluding hydrogens is 266 g/mol. The molecule has 6 nitrogen and oxygen atoms in total. The van der Waals surface area contributed by atoms with Crippen molar-refractivity contribution in [2.75, 3.05) is 30.9 Å². The largest absolute Gasteiger partial charge is 0.396 e. The van der Waals surface area contributed by atoms with E-state index < -0.39 is 0 Å². The van der Waals surface area contributed by atoms with Gasteiger partial charge in [0.1, 0.15) is 0 Å². The number of aliphatic hydroxyl groups excluding tert-OH is 1. The Bertz CT molecular complexity index is 429. The third-order valence-electron chi connectivity index (χ3n) is 3.45. The molecule has 1 saturated carbocycles. The molecule has 2 N–H and O–H groups in total. The van der Waals surface area contributed by atoms with Gasteiger partial charge >= 0.3 is 0 Å². The van der Waals surface area contributed by atoms with Gasteiger partial charge in [-0.3, -0.25) is 0 Å². The van der Waals surface area contributed by atoms with E-state index in [1.54, 1.807) is 4.90 Å². The summed E-state index contributed by atoms with van der Waals surface area (Å²) < 4.78 is 0. The highest BCUT2D eigenvalue weighted by Gasteiger charge is 2.25. The molecule has 0 aliphatic heterocycles. The number of aromatic nitrogens is 3. The van der Waals surface area contributed by atoms with E-state index in [0.717, 1.165) is 19.3 Å². The van der Waals surface area contributed by atoms with Gasteiger partial charge in [0, 0.05) is 32.7 Å². The van der Waals surface area contributed by atoms with Crippen LogP contribution in [0.5, 0.6) is 0 Å². The van der Waals surface area contributed by atoms with Gasteiger partial charge in [0.05, 0.1) is 0 Å². The fourth-order valence-corrected chi connectivity index (χ4v) is 2.54. The molecule has 0 radical (unpaired) electrons. The fraction of sp³-hybridized carbons (Fsp3) is 0.750. The molecule has 0 saturated heterocycles. The molecule has 1 aliphatic carbocycles. The summed E-state index contributed by atoms with van der Waals surface area (Å²) in [5.74, 6) is 1.26. The number of anilines is 2. The average molecular weight is 286 g/mol. The fourth-order valence-electron chi connectivity index (χ4n) is 2.39. The summed E-state index contributed by atoms with van der Waals surface area (Å²) in [5.41, 5.74) is 0. The minimum absolute atomic E-state index is 0.178. The van der Waals surface area contributed by atoms with Crippen molar-refractivity contribution in [3.05, 3.63) is 5.28 Å². The second-order valence-corrected chi connectivity index (χ2v) is 5.44. The van der Waals surface area contributed by atoms with E-state index in [4.69, 9.17) is 11.6 Å². The molecule has 2 rings (SSSR count). The molecule has 1 fully saturated rings. The molecule has 19 heavy (non-hydrogen) atoms. The molecule has 0 bridgehead atoms. The Morgan fingerprint density at radius 1 is 1.26 bits per heavy atom. The highest BCUT2D eigenvalue weighted by atomic mass is 35.5. The lowest BCUT2D eigenvalue weighted by Crippen LogP contribution is -2.35. The normalized spacial score (nSPS) is 23.2. The topological polar surface area (TPSA) is 74.2 Å². The van der Waals surface area contributed by atoms with Crippen molar-refractivity contribution >= 4 is 23.5 Å². The van der Waals surface area contributed by atoms with Crippen LogP contribution in [0.2, 0.25) is 5.28 Å². The van der Waals surface area contributed by atoms with Crippen LogP contribution < -0.4 is 10.2 Å². The van der Waals surface area contributed by atoms with Crippen LogP contribution >= 0.6 is 11.6 Å². The summed E-state index contributed by atoms with van der Waals surface area (Å²) in [5, 5.41) is 12.9. The molecule has 1 aromatic rings. The van der Waals surface area contributed by atoms with E-state index in [1.807, 2.05) is 14.1 Å². The summed E-state index contributed by atoms with van der Waals surface area (Å²) in [7, 11) is 3.71. The predicted octanol–water partition coefficient (Wildman–Crippen LogP) is 1.55. The van der Waals surface area contributed by atoms with E-state index in [2.05, 4.69) is 20.3 Å². The smallest absolute Gasteiger partial charge is 0.230 e. The second kappa shape index (κ2) is 6.34. The number of halogens is 1. The van der Waals surface area contributed by atoms with Gasteiger partial charge in [0.2, 0.25) is 17.2 Å². The minimum atomic E-state index is 0.178. The first kappa shape index (κ1) is 14.3. The van der Waals surface area contributed by atoms with Crippen molar-refractivity contribution in [3.8, 4) is 0 Å². The van der Waals surface area contributed by atoms with E-state index in [1.165, 1.54) is 6.42 Å². The lowest BCUT2D eigenvalue weighted by Gasteiger charge is -2.30. The average Bonchev–Trinajstić information content (AvgIpc) is 2.38. The third kappa shape index (κ3) is 3.67. The Labute approximate surface area is 118 Å². The first-order chi connectivity index (χ1) is 9.10. The lowest BCUT2D eigenvalue weighted by atomic mass is 9.85. The zero-order valence-corrected chi connectivity index (χ0v) is 12.1. The van der Waals surface area contributed by atoms with Crippen LogP contribution in [-0.4, -0.2) is 46.8 Å². The molecule has 0 spiro atoms.